The topological polar surface area (TPSA) is 25.8 Å². The van der Waals surface area contributed by atoms with Gasteiger partial charge in [0.25, 0.3) is 0 Å². The zero-order chi connectivity index (χ0) is 5.98. The summed E-state index contributed by atoms with van der Waals surface area (Å²) in [5.74, 6) is 0.829. The zero-order valence-electron chi connectivity index (χ0n) is 5.05. The number of nitrogens with zero attached hydrogens (tertiary/aromatic N) is 2. The lowest BCUT2D eigenvalue weighted by Gasteiger charge is -1.88. The second-order valence-electron chi connectivity index (χ2n) is 1.81. The minimum absolute atomic E-state index is 0.829. The first-order valence-corrected chi connectivity index (χ1v) is 2.54. The Morgan fingerprint density at radius 1 is 1.12 bits per heavy atom. The molecule has 0 aliphatic carbocycles. The van der Waals surface area contributed by atoms with Crippen LogP contribution in [-0.4, -0.2) is 9.97 Å². The highest BCUT2D eigenvalue weighted by Gasteiger charge is 1.82. The summed E-state index contributed by atoms with van der Waals surface area (Å²) in [5, 5.41) is 0. The van der Waals surface area contributed by atoms with Crippen LogP contribution >= 0.6 is 0 Å². The number of hydrogen-bond donors (Lipinski definition) is 0. The molecule has 1 aromatic rings. The summed E-state index contributed by atoms with van der Waals surface area (Å²) in [7, 11) is 0. The van der Waals surface area contributed by atoms with Gasteiger partial charge in [-0.3, -0.25) is 0 Å². The van der Waals surface area contributed by atoms with Gasteiger partial charge in [0.05, 0.1) is 0 Å². The fourth-order valence-corrected chi connectivity index (χ4v) is 0.457. The molecule has 42 valence electrons. The molecule has 0 unspecified atom stereocenters. The van der Waals surface area contributed by atoms with E-state index in [1.807, 2.05) is 26.2 Å². The fraction of sp³-hybridized carbons (Fsp3) is 0.333. The van der Waals surface area contributed by atoms with Crippen LogP contribution in [0.5, 0.6) is 0 Å². The highest BCUT2D eigenvalue weighted by molar-refractivity contribution is 5.00. The number of aryl methyl sites for hydroxylation is 2. The Hall–Kier alpha value is -0.920. The molecular weight excluding hydrogens is 100 g/mol. The highest BCUT2D eigenvalue weighted by Crippen LogP contribution is 1.89. The van der Waals surface area contributed by atoms with Gasteiger partial charge in [0.2, 0.25) is 0 Å². The summed E-state index contributed by atoms with van der Waals surface area (Å²) >= 11 is 0. The minimum atomic E-state index is 0.829. The molecule has 0 radical (unpaired) electrons. The third-order valence-electron chi connectivity index (χ3n) is 0.910. The predicted molar refractivity (Wildman–Crippen MR) is 31.5 cm³/mol. The van der Waals surface area contributed by atoms with E-state index in [1.165, 1.54) is 0 Å². The van der Waals surface area contributed by atoms with Gasteiger partial charge in [-0.15, -0.1) is 0 Å². The monoisotopic (exact) mass is 108 g/mol. The summed E-state index contributed by atoms with van der Waals surface area (Å²) < 4.78 is 0. The third kappa shape index (κ3) is 1.03. The summed E-state index contributed by atoms with van der Waals surface area (Å²) in [6.07, 6.45) is 3.62. The maximum absolute atomic E-state index is 3.97. The number of aromatic nitrogens is 2. The van der Waals surface area contributed by atoms with Crippen molar-refractivity contribution in [3.05, 3.63) is 23.8 Å². The molecular formula is C6H8N2. The van der Waals surface area contributed by atoms with Crippen LogP contribution < -0.4 is 0 Å². The van der Waals surface area contributed by atoms with Gasteiger partial charge in [-0.1, -0.05) is 0 Å². The van der Waals surface area contributed by atoms with Crippen molar-refractivity contribution in [1.82, 2.24) is 9.97 Å². The highest BCUT2D eigenvalue weighted by atomic mass is 14.8. The summed E-state index contributed by atoms with van der Waals surface area (Å²) in [6, 6.07) is 0. The van der Waals surface area contributed by atoms with Gasteiger partial charge in [-0.2, -0.15) is 0 Å². The van der Waals surface area contributed by atoms with E-state index >= 15 is 0 Å². The largest absolute Gasteiger partial charge is 0.241 e. The van der Waals surface area contributed by atoms with Crippen LogP contribution in [0, 0.1) is 13.8 Å². The van der Waals surface area contributed by atoms with Crippen molar-refractivity contribution in [3.8, 4) is 0 Å². The van der Waals surface area contributed by atoms with Crippen LogP contribution in [0.15, 0.2) is 12.4 Å². The van der Waals surface area contributed by atoms with E-state index in [0.29, 0.717) is 0 Å². The molecule has 0 saturated carbocycles. The Kier molecular flexibility index (Phi) is 1.24. The molecule has 1 rings (SSSR count). The van der Waals surface area contributed by atoms with E-state index in [9.17, 15) is 0 Å². The van der Waals surface area contributed by atoms with Crippen LogP contribution in [0.25, 0.3) is 0 Å². The lowest BCUT2D eigenvalue weighted by atomic mass is 10.4. The van der Waals surface area contributed by atoms with E-state index in [1.54, 1.807) is 0 Å². The molecule has 8 heavy (non-hydrogen) atoms. The summed E-state index contributed by atoms with van der Waals surface area (Å²) in [6.45, 7) is 3.85. The van der Waals surface area contributed by atoms with E-state index < -0.39 is 0 Å². The fourth-order valence-electron chi connectivity index (χ4n) is 0.457. The zero-order valence-corrected chi connectivity index (χ0v) is 5.05. The van der Waals surface area contributed by atoms with Crippen LogP contribution in [0.2, 0.25) is 0 Å². The number of hydrogen-bond acceptors (Lipinski definition) is 2. The molecule has 0 amide bonds. The first-order chi connectivity index (χ1) is 3.79. The van der Waals surface area contributed by atoms with Crippen molar-refractivity contribution < 1.29 is 0 Å². The second kappa shape index (κ2) is 1.90. The van der Waals surface area contributed by atoms with Gasteiger partial charge in [-0.05, 0) is 19.4 Å². The maximum atomic E-state index is 3.97. The van der Waals surface area contributed by atoms with Crippen LogP contribution in [-0.2, 0) is 0 Å². The Balaban J connectivity index is 3.03. The van der Waals surface area contributed by atoms with E-state index in [-0.39, 0.29) is 0 Å². The molecule has 2 heteroatoms. The van der Waals surface area contributed by atoms with Gasteiger partial charge in [0.15, 0.2) is 0 Å². The molecule has 1 heterocycles. The summed E-state index contributed by atoms with van der Waals surface area (Å²) in [4.78, 5) is 7.94. The maximum Gasteiger partial charge on any atom is 0.125 e. The Morgan fingerprint density at radius 3 is 2.00 bits per heavy atom. The van der Waals surface area contributed by atoms with E-state index in [4.69, 9.17) is 0 Å². The Morgan fingerprint density at radius 2 is 1.62 bits per heavy atom. The van der Waals surface area contributed by atoms with E-state index in [0.717, 1.165) is 11.4 Å². The van der Waals surface area contributed by atoms with Crippen molar-refractivity contribution >= 4 is 0 Å². The van der Waals surface area contributed by atoms with Crippen LogP contribution in [0.1, 0.15) is 11.4 Å². The molecule has 0 saturated heterocycles. The van der Waals surface area contributed by atoms with Crippen molar-refractivity contribution in [2.45, 2.75) is 13.8 Å². The average Bonchev–Trinajstić information content (AvgIpc) is 1.77. The van der Waals surface area contributed by atoms with Gasteiger partial charge >= 0.3 is 0 Å². The van der Waals surface area contributed by atoms with Gasteiger partial charge in [-0.25, -0.2) is 9.97 Å². The summed E-state index contributed by atoms with van der Waals surface area (Å²) in [5.41, 5.74) is 1.11. The minimum Gasteiger partial charge on any atom is -0.241 e. The van der Waals surface area contributed by atoms with Crippen LogP contribution in [0.4, 0.5) is 0 Å². The van der Waals surface area contributed by atoms with Crippen molar-refractivity contribution in [3.63, 3.8) is 0 Å². The molecule has 0 spiro atoms. The number of rotatable bonds is 0. The molecule has 2 nitrogen and oxygen atoms in total. The first-order valence-electron chi connectivity index (χ1n) is 2.54. The van der Waals surface area contributed by atoms with Crippen molar-refractivity contribution in [2.75, 3.05) is 0 Å². The van der Waals surface area contributed by atoms with E-state index in [2.05, 4.69) is 9.97 Å². The third-order valence-corrected chi connectivity index (χ3v) is 0.910. The average molecular weight is 108 g/mol. The van der Waals surface area contributed by atoms with Gasteiger partial charge < -0.3 is 0 Å². The molecule has 0 aliphatic rings. The van der Waals surface area contributed by atoms with Gasteiger partial charge in [0.1, 0.15) is 5.82 Å². The lowest BCUT2D eigenvalue weighted by Crippen LogP contribution is -1.84. The first kappa shape index (κ1) is 5.22. The normalized spacial score (nSPS) is 9.25. The molecule has 0 N–H and O–H groups in total. The molecule has 0 aromatic carbocycles. The lowest BCUT2D eigenvalue weighted by molar-refractivity contribution is 1.03. The standard InChI is InChI=1S/C6H8N2/c1-5-3-7-6(2)8-4-5/h3-4H,1-2H3. The Bertz CT molecular complexity index is 145. The SMILES string of the molecule is Cc1cnc(C)nc1. The molecule has 0 aliphatic heterocycles. The molecule has 0 bridgehead atoms. The quantitative estimate of drug-likeness (QED) is 0.497. The van der Waals surface area contributed by atoms with Gasteiger partial charge in [0, 0.05) is 12.4 Å². The molecule has 0 fully saturated rings. The Labute approximate surface area is 48.6 Å². The predicted octanol–water partition coefficient (Wildman–Crippen LogP) is 1.09. The second-order valence-corrected chi connectivity index (χ2v) is 1.81. The molecule has 1 aromatic heterocycles. The molecule has 0 atom stereocenters. The van der Waals surface area contributed by atoms with Crippen LogP contribution in [0.3, 0.4) is 0 Å². The van der Waals surface area contributed by atoms with Crippen molar-refractivity contribution in [2.24, 2.45) is 0 Å². The smallest absolute Gasteiger partial charge is 0.125 e. The van der Waals surface area contributed by atoms with Crippen molar-refractivity contribution in [1.29, 1.82) is 0 Å².